The largest absolute Gasteiger partial charge is 0.362 e. The van der Waals surface area contributed by atoms with E-state index in [1.807, 2.05) is 0 Å². The van der Waals surface area contributed by atoms with Crippen LogP contribution in [0.4, 0.5) is 11.4 Å². The molecule has 0 spiro atoms. The Hall–Kier alpha value is -2.11. The van der Waals surface area contributed by atoms with Crippen LogP contribution in [-0.2, 0) is 10.0 Å². The van der Waals surface area contributed by atoms with Crippen LogP contribution in [0.1, 0.15) is 10.4 Å². The maximum atomic E-state index is 12.4. The molecule has 0 unspecified atom stereocenters. The van der Waals surface area contributed by atoms with Crippen molar-refractivity contribution in [3.8, 4) is 0 Å². The van der Waals surface area contributed by atoms with Gasteiger partial charge in [-0.05, 0) is 30.3 Å². The van der Waals surface area contributed by atoms with E-state index in [1.165, 1.54) is 42.5 Å². The Bertz CT molecular complexity index is 993. The van der Waals surface area contributed by atoms with Gasteiger partial charge in [0.2, 0.25) is 13.8 Å². The van der Waals surface area contributed by atoms with E-state index in [4.69, 9.17) is 39.9 Å². The Morgan fingerprint density at radius 2 is 1.75 bits per heavy atom. The van der Waals surface area contributed by atoms with Crippen molar-refractivity contribution in [3.63, 3.8) is 0 Å². The van der Waals surface area contributed by atoms with Crippen molar-refractivity contribution in [1.29, 1.82) is 0 Å². The maximum Gasteiger partial charge on any atom is 0.270 e. The molecule has 1 amide bonds. The minimum atomic E-state index is -3.87. The highest BCUT2D eigenvalue weighted by Crippen LogP contribution is 2.31. The highest BCUT2D eigenvalue weighted by atomic mass is 35.6. The number of rotatable bonds is 6. The standard InChI is InChI=1S/C15H13Cl3N4O5S/c16-15(17,18)14(20-10-4-6-12(7-5-10)28(19,26)27)21-13(23)9-2-1-3-11(8-9)22(24)25/h1-8,14,20H,(H,21,23)(H2,19,26,27)/t14-/m0/s1. The molecule has 0 heterocycles. The van der Waals surface area contributed by atoms with Gasteiger partial charge in [0.15, 0.2) is 0 Å². The van der Waals surface area contributed by atoms with Gasteiger partial charge in [-0.25, -0.2) is 13.6 Å². The van der Waals surface area contributed by atoms with E-state index >= 15 is 0 Å². The highest BCUT2D eigenvalue weighted by molar-refractivity contribution is 7.89. The van der Waals surface area contributed by atoms with Crippen molar-refractivity contribution in [3.05, 3.63) is 64.2 Å². The Labute approximate surface area is 175 Å². The maximum absolute atomic E-state index is 12.4. The van der Waals surface area contributed by atoms with Crippen LogP contribution in [0.3, 0.4) is 0 Å². The van der Waals surface area contributed by atoms with Crippen LogP contribution in [0.25, 0.3) is 0 Å². The number of nitrogens with one attached hydrogen (secondary N) is 2. The number of sulfonamides is 1. The lowest BCUT2D eigenvalue weighted by molar-refractivity contribution is -0.384. The number of anilines is 1. The van der Waals surface area contributed by atoms with E-state index in [-0.39, 0.29) is 16.1 Å². The number of alkyl halides is 3. The number of nitrogens with zero attached hydrogens (tertiary/aromatic N) is 1. The zero-order valence-electron chi connectivity index (χ0n) is 13.8. The molecule has 0 bridgehead atoms. The first-order valence-electron chi connectivity index (χ1n) is 7.39. The number of carbonyl (C=O) groups excluding carboxylic acids is 1. The van der Waals surface area contributed by atoms with Crippen LogP contribution in [-0.4, -0.2) is 29.2 Å². The van der Waals surface area contributed by atoms with E-state index in [9.17, 15) is 23.3 Å². The van der Waals surface area contributed by atoms with Crippen molar-refractivity contribution in [1.82, 2.24) is 5.32 Å². The van der Waals surface area contributed by atoms with Crippen LogP contribution in [0, 0.1) is 10.1 Å². The molecule has 0 aliphatic rings. The van der Waals surface area contributed by atoms with E-state index in [2.05, 4.69) is 10.6 Å². The van der Waals surface area contributed by atoms with Gasteiger partial charge in [0.25, 0.3) is 11.6 Å². The number of non-ortho nitro benzene ring substituents is 1. The lowest BCUT2D eigenvalue weighted by Gasteiger charge is -2.27. The molecule has 28 heavy (non-hydrogen) atoms. The summed E-state index contributed by atoms with van der Waals surface area (Å²) in [4.78, 5) is 22.5. The molecule has 2 rings (SSSR count). The molecule has 0 saturated heterocycles. The molecular formula is C15H13Cl3N4O5S. The number of halogens is 3. The molecule has 0 radical (unpaired) electrons. The number of hydrogen-bond acceptors (Lipinski definition) is 6. The van der Waals surface area contributed by atoms with Crippen molar-refractivity contribution >= 4 is 62.1 Å². The van der Waals surface area contributed by atoms with Crippen molar-refractivity contribution in [2.75, 3.05) is 5.32 Å². The fourth-order valence-electron chi connectivity index (χ4n) is 2.08. The predicted molar refractivity (Wildman–Crippen MR) is 106 cm³/mol. The smallest absolute Gasteiger partial charge is 0.270 e. The van der Waals surface area contributed by atoms with E-state index < -0.39 is 30.8 Å². The third kappa shape index (κ3) is 5.94. The summed E-state index contributed by atoms with van der Waals surface area (Å²) >= 11 is 17.7. The first-order chi connectivity index (χ1) is 12.9. The van der Waals surface area contributed by atoms with E-state index in [1.54, 1.807) is 0 Å². The Balaban J connectivity index is 2.22. The Kier molecular flexibility index (Phi) is 6.73. The lowest BCUT2D eigenvalue weighted by Crippen LogP contribution is -2.49. The van der Waals surface area contributed by atoms with Crippen LogP contribution in [0.15, 0.2) is 53.4 Å². The van der Waals surface area contributed by atoms with Gasteiger partial charge in [0, 0.05) is 23.4 Å². The molecule has 1 atom stereocenters. The monoisotopic (exact) mass is 466 g/mol. The summed E-state index contributed by atoms with van der Waals surface area (Å²) in [6.45, 7) is 0. The number of hydrogen-bond donors (Lipinski definition) is 3. The lowest BCUT2D eigenvalue weighted by atomic mass is 10.2. The van der Waals surface area contributed by atoms with Crippen LogP contribution in [0.5, 0.6) is 0 Å². The second kappa shape index (κ2) is 8.50. The van der Waals surface area contributed by atoms with Crippen molar-refractivity contribution in [2.45, 2.75) is 14.9 Å². The number of primary sulfonamides is 1. The predicted octanol–water partition coefficient (Wildman–Crippen LogP) is 2.78. The molecule has 0 aliphatic heterocycles. The zero-order valence-corrected chi connectivity index (χ0v) is 16.9. The Morgan fingerprint density at radius 3 is 2.25 bits per heavy atom. The van der Waals surface area contributed by atoms with Crippen LogP contribution < -0.4 is 15.8 Å². The first-order valence-corrected chi connectivity index (χ1v) is 10.1. The fraction of sp³-hybridized carbons (Fsp3) is 0.133. The molecular weight excluding hydrogens is 455 g/mol. The SMILES string of the molecule is NS(=O)(=O)c1ccc(N[C@@H](NC(=O)c2cccc([N+](=O)[O-])c2)C(Cl)(Cl)Cl)cc1. The average molecular weight is 468 g/mol. The minimum absolute atomic E-state index is 0.0141. The molecule has 150 valence electrons. The molecule has 2 aromatic rings. The first kappa shape index (κ1) is 22.2. The van der Waals surface area contributed by atoms with E-state index in [0.29, 0.717) is 5.69 Å². The summed E-state index contributed by atoms with van der Waals surface area (Å²) in [6.07, 6.45) is -1.25. The average Bonchev–Trinajstić information content (AvgIpc) is 2.60. The highest BCUT2D eigenvalue weighted by Gasteiger charge is 2.34. The molecule has 4 N–H and O–H groups in total. The second-order valence-corrected chi connectivity index (χ2v) is 9.40. The second-order valence-electron chi connectivity index (χ2n) is 5.47. The van der Waals surface area contributed by atoms with E-state index in [0.717, 1.165) is 6.07 Å². The molecule has 13 heteroatoms. The molecule has 0 saturated carbocycles. The molecule has 2 aromatic carbocycles. The van der Waals surface area contributed by atoms with Crippen molar-refractivity contribution in [2.24, 2.45) is 5.14 Å². The number of nitro groups is 1. The third-order valence-electron chi connectivity index (χ3n) is 3.42. The number of nitro benzene ring substituents is 1. The molecule has 9 nitrogen and oxygen atoms in total. The molecule has 0 fully saturated rings. The zero-order chi connectivity index (χ0) is 21.1. The number of amides is 1. The van der Waals surface area contributed by atoms with Gasteiger partial charge in [0.1, 0.15) is 6.17 Å². The summed E-state index contributed by atoms with van der Waals surface area (Å²) in [5.41, 5.74) is 0.0347. The Morgan fingerprint density at radius 1 is 1.14 bits per heavy atom. The molecule has 0 aromatic heterocycles. The minimum Gasteiger partial charge on any atom is -0.362 e. The van der Waals surface area contributed by atoms with Gasteiger partial charge < -0.3 is 10.6 Å². The van der Waals surface area contributed by atoms with Crippen molar-refractivity contribution < 1.29 is 18.1 Å². The van der Waals surface area contributed by atoms with Gasteiger partial charge in [-0.3, -0.25) is 14.9 Å². The van der Waals surface area contributed by atoms with Crippen LogP contribution >= 0.6 is 34.8 Å². The van der Waals surface area contributed by atoms with Gasteiger partial charge in [-0.2, -0.15) is 0 Å². The van der Waals surface area contributed by atoms with Gasteiger partial charge in [0.05, 0.1) is 9.82 Å². The summed E-state index contributed by atoms with van der Waals surface area (Å²) in [5.74, 6) is -0.728. The van der Waals surface area contributed by atoms with Crippen LogP contribution in [0.2, 0.25) is 0 Å². The number of nitrogens with two attached hydrogens (primary N) is 1. The van der Waals surface area contributed by atoms with Gasteiger partial charge in [-0.1, -0.05) is 40.9 Å². The summed E-state index contributed by atoms with van der Waals surface area (Å²) in [7, 11) is -3.87. The third-order valence-corrected chi connectivity index (χ3v) is 5.00. The number of benzene rings is 2. The summed E-state index contributed by atoms with van der Waals surface area (Å²) in [6, 6.07) is 10.2. The van der Waals surface area contributed by atoms with Gasteiger partial charge >= 0.3 is 0 Å². The topological polar surface area (TPSA) is 144 Å². The normalized spacial score (nSPS) is 12.9. The molecule has 0 aliphatic carbocycles. The number of carbonyl (C=O) groups is 1. The summed E-state index contributed by atoms with van der Waals surface area (Å²) < 4.78 is 20.6. The summed E-state index contributed by atoms with van der Waals surface area (Å²) in [5, 5.41) is 21.0. The van der Waals surface area contributed by atoms with Gasteiger partial charge in [-0.15, -0.1) is 0 Å². The quantitative estimate of drug-likeness (QED) is 0.258. The fourth-order valence-corrected chi connectivity index (χ4v) is 2.93.